The van der Waals surface area contributed by atoms with Crippen LogP contribution in [0.2, 0.25) is 0 Å². The molecule has 2 saturated heterocycles. The molecule has 2 amide bonds. The van der Waals surface area contributed by atoms with Gasteiger partial charge in [-0.1, -0.05) is 0 Å². The molecule has 2 heterocycles. The molecule has 2 aliphatic heterocycles. The Labute approximate surface area is 130 Å². The van der Waals surface area contributed by atoms with Crippen LogP contribution in [0.25, 0.3) is 0 Å². The fraction of sp³-hybridized carbons (Fsp3) is 0.882. The fourth-order valence-electron chi connectivity index (χ4n) is 6.69. The van der Waals surface area contributed by atoms with Crippen LogP contribution in [0.3, 0.4) is 0 Å². The summed E-state index contributed by atoms with van der Waals surface area (Å²) < 4.78 is 0. The van der Waals surface area contributed by atoms with Gasteiger partial charge in [-0.2, -0.15) is 0 Å². The smallest absolute Gasteiger partial charge is 0.246 e. The highest BCUT2D eigenvalue weighted by atomic mass is 16.3. The predicted molar refractivity (Wildman–Crippen MR) is 78.8 cm³/mol. The zero-order chi connectivity index (χ0) is 15.1. The lowest BCUT2D eigenvalue weighted by Gasteiger charge is -2.64. The molecule has 6 fully saturated rings. The highest BCUT2D eigenvalue weighted by molar-refractivity contribution is 5.96. The number of piperazine rings is 1. The largest absolute Gasteiger partial charge is 0.390 e. The third kappa shape index (κ3) is 1.63. The van der Waals surface area contributed by atoms with Crippen molar-refractivity contribution in [1.29, 1.82) is 0 Å². The van der Waals surface area contributed by atoms with Crippen LogP contribution in [0.4, 0.5) is 0 Å². The second kappa shape index (κ2) is 4.05. The second-order valence-electron chi connectivity index (χ2n) is 8.58. The summed E-state index contributed by atoms with van der Waals surface area (Å²) in [5.74, 6) is 1.35. The summed E-state index contributed by atoms with van der Waals surface area (Å²) in [7, 11) is 0. The minimum absolute atomic E-state index is 0.116. The third-order valence-corrected chi connectivity index (χ3v) is 6.99. The Bertz CT molecular complexity index is 546. The zero-order valence-electron chi connectivity index (χ0n) is 13.0. The van der Waals surface area contributed by atoms with E-state index in [2.05, 4.69) is 0 Å². The van der Waals surface area contributed by atoms with Crippen molar-refractivity contribution in [3.05, 3.63) is 0 Å². The number of rotatable bonds is 1. The highest BCUT2D eigenvalue weighted by Gasteiger charge is 2.61. The number of fused-ring (bicyclic) bond motifs is 1. The minimum atomic E-state index is -0.583. The molecule has 0 aromatic carbocycles. The molecule has 4 saturated carbocycles. The monoisotopic (exact) mass is 304 g/mol. The van der Waals surface area contributed by atoms with Crippen molar-refractivity contribution in [2.24, 2.45) is 11.8 Å². The SMILES string of the molecule is O=C1CN(C23C[C@@H]4C[C@@H](CC(O)(C4)C2)C3)C(=O)[C@H]2CCCN12. The molecule has 22 heavy (non-hydrogen) atoms. The molecule has 0 radical (unpaired) electrons. The van der Waals surface area contributed by atoms with Crippen LogP contribution in [-0.2, 0) is 9.59 Å². The lowest BCUT2D eigenvalue weighted by Crippen LogP contribution is -2.71. The van der Waals surface area contributed by atoms with E-state index in [-0.39, 0.29) is 29.9 Å². The molecular weight excluding hydrogens is 280 g/mol. The number of nitrogens with zero attached hydrogens (tertiary/aromatic N) is 2. The average Bonchev–Trinajstić information content (AvgIpc) is 2.90. The van der Waals surface area contributed by atoms with E-state index >= 15 is 0 Å². The molecule has 0 aromatic rings. The van der Waals surface area contributed by atoms with Crippen LogP contribution in [-0.4, -0.2) is 57.0 Å². The third-order valence-electron chi connectivity index (χ3n) is 6.99. The summed E-state index contributed by atoms with van der Waals surface area (Å²) in [5.41, 5.74) is -0.819. The summed E-state index contributed by atoms with van der Waals surface area (Å²) in [4.78, 5) is 29.2. The molecule has 5 heteroatoms. The summed E-state index contributed by atoms with van der Waals surface area (Å²) in [5, 5.41) is 10.9. The standard InChI is InChI=1S/C17H24N2O3/c20-14-9-19(15(21)13-2-1-3-18(13)14)16-5-11-4-12(6-16)8-17(22,7-11)10-16/h11-13,22H,1-10H2/t11-,12+,13-,16?,17?/m1/s1. The number of hydrogen-bond donors (Lipinski definition) is 1. The molecule has 4 bridgehead atoms. The molecule has 5 atom stereocenters. The van der Waals surface area contributed by atoms with Gasteiger partial charge in [-0.25, -0.2) is 0 Å². The van der Waals surface area contributed by atoms with Gasteiger partial charge in [0, 0.05) is 12.1 Å². The van der Waals surface area contributed by atoms with E-state index in [1.54, 1.807) is 4.90 Å². The Hall–Kier alpha value is -1.10. The number of carbonyl (C=O) groups is 2. The first-order chi connectivity index (χ1) is 10.5. The van der Waals surface area contributed by atoms with Gasteiger partial charge in [0.25, 0.3) is 0 Å². The Morgan fingerprint density at radius 1 is 1.09 bits per heavy atom. The van der Waals surface area contributed by atoms with Crippen molar-refractivity contribution in [3.63, 3.8) is 0 Å². The lowest BCUT2D eigenvalue weighted by molar-refractivity contribution is -0.193. The maximum atomic E-state index is 13.0. The van der Waals surface area contributed by atoms with Crippen LogP contribution in [0.15, 0.2) is 0 Å². The van der Waals surface area contributed by atoms with E-state index in [0.717, 1.165) is 45.1 Å². The molecule has 5 nitrogen and oxygen atoms in total. The Morgan fingerprint density at radius 2 is 1.82 bits per heavy atom. The van der Waals surface area contributed by atoms with Gasteiger partial charge in [0.05, 0.1) is 5.60 Å². The van der Waals surface area contributed by atoms with Gasteiger partial charge in [-0.3, -0.25) is 9.59 Å². The molecular formula is C17H24N2O3. The Morgan fingerprint density at radius 3 is 2.50 bits per heavy atom. The van der Waals surface area contributed by atoms with Crippen LogP contribution in [0.5, 0.6) is 0 Å². The van der Waals surface area contributed by atoms with E-state index in [9.17, 15) is 14.7 Å². The minimum Gasteiger partial charge on any atom is -0.390 e. The molecule has 0 spiro atoms. The molecule has 4 aliphatic carbocycles. The quantitative estimate of drug-likeness (QED) is 0.783. The van der Waals surface area contributed by atoms with Gasteiger partial charge in [0.1, 0.15) is 12.6 Å². The Balaban J connectivity index is 1.51. The molecule has 2 unspecified atom stereocenters. The average molecular weight is 304 g/mol. The van der Waals surface area contributed by atoms with E-state index in [0.29, 0.717) is 18.3 Å². The fourth-order valence-corrected chi connectivity index (χ4v) is 6.69. The Kier molecular flexibility index (Phi) is 2.46. The molecule has 6 rings (SSSR count). The van der Waals surface area contributed by atoms with E-state index in [1.165, 1.54) is 6.42 Å². The van der Waals surface area contributed by atoms with Crippen molar-refractivity contribution < 1.29 is 14.7 Å². The van der Waals surface area contributed by atoms with E-state index < -0.39 is 5.60 Å². The summed E-state index contributed by atoms with van der Waals surface area (Å²) in [6.07, 6.45) is 7.45. The number of amides is 2. The van der Waals surface area contributed by atoms with Crippen molar-refractivity contribution in [1.82, 2.24) is 9.80 Å². The van der Waals surface area contributed by atoms with Crippen LogP contribution in [0, 0.1) is 11.8 Å². The molecule has 1 N–H and O–H groups in total. The van der Waals surface area contributed by atoms with Crippen molar-refractivity contribution in [2.75, 3.05) is 13.1 Å². The molecule has 6 aliphatic rings. The molecule has 120 valence electrons. The normalized spacial score (nSPS) is 50.0. The first-order valence-electron chi connectivity index (χ1n) is 8.81. The predicted octanol–water partition coefficient (Wildman–Crippen LogP) is 0.903. The van der Waals surface area contributed by atoms with E-state index in [1.807, 2.05) is 4.90 Å². The van der Waals surface area contributed by atoms with E-state index in [4.69, 9.17) is 0 Å². The van der Waals surface area contributed by atoms with Gasteiger partial charge >= 0.3 is 0 Å². The topological polar surface area (TPSA) is 60.9 Å². The molecule has 0 aromatic heterocycles. The van der Waals surface area contributed by atoms with Crippen molar-refractivity contribution in [3.8, 4) is 0 Å². The first-order valence-corrected chi connectivity index (χ1v) is 8.81. The summed E-state index contributed by atoms with van der Waals surface area (Å²) >= 11 is 0. The van der Waals surface area contributed by atoms with Crippen molar-refractivity contribution in [2.45, 2.75) is 68.5 Å². The number of carbonyl (C=O) groups excluding carboxylic acids is 2. The first kappa shape index (κ1) is 13.3. The van der Waals surface area contributed by atoms with Gasteiger partial charge in [0.15, 0.2) is 0 Å². The van der Waals surface area contributed by atoms with Gasteiger partial charge in [-0.05, 0) is 63.2 Å². The lowest BCUT2D eigenvalue weighted by atomic mass is 9.50. The van der Waals surface area contributed by atoms with Crippen LogP contribution in [0.1, 0.15) is 51.4 Å². The van der Waals surface area contributed by atoms with Gasteiger partial charge in [0.2, 0.25) is 11.8 Å². The number of aliphatic hydroxyl groups is 1. The maximum absolute atomic E-state index is 13.0. The summed E-state index contributed by atoms with van der Waals surface area (Å²) in [6.45, 7) is 0.982. The maximum Gasteiger partial charge on any atom is 0.246 e. The van der Waals surface area contributed by atoms with Crippen LogP contribution >= 0.6 is 0 Å². The number of hydrogen-bond acceptors (Lipinski definition) is 3. The zero-order valence-corrected chi connectivity index (χ0v) is 13.0. The van der Waals surface area contributed by atoms with Gasteiger partial charge < -0.3 is 14.9 Å². The van der Waals surface area contributed by atoms with Crippen molar-refractivity contribution >= 4 is 11.8 Å². The van der Waals surface area contributed by atoms with Crippen LogP contribution < -0.4 is 0 Å². The second-order valence-corrected chi connectivity index (χ2v) is 8.58. The van der Waals surface area contributed by atoms with Gasteiger partial charge in [-0.15, -0.1) is 0 Å². The highest BCUT2D eigenvalue weighted by Crippen LogP contribution is 2.59. The summed E-state index contributed by atoms with van der Waals surface area (Å²) in [6, 6.07) is -0.219.